The lowest BCUT2D eigenvalue weighted by molar-refractivity contribution is -0.146. The van der Waals surface area contributed by atoms with E-state index >= 15 is 0 Å². The Kier molecular flexibility index (Phi) is 5.17. The molecule has 0 radical (unpaired) electrons. The number of esters is 1. The van der Waals surface area contributed by atoms with Crippen molar-refractivity contribution in [2.45, 2.75) is 32.4 Å². The van der Waals surface area contributed by atoms with E-state index in [1.807, 2.05) is 30.3 Å². The molecule has 1 aromatic carbocycles. The quantitative estimate of drug-likeness (QED) is 0.783. The summed E-state index contributed by atoms with van der Waals surface area (Å²) >= 11 is 0. The van der Waals surface area contributed by atoms with E-state index in [0.29, 0.717) is 6.42 Å². The first-order valence-corrected chi connectivity index (χ1v) is 5.69. The van der Waals surface area contributed by atoms with Gasteiger partial charge in [0.05, 0.1) is 6.04 Å². The molecule has 2 unspecified atom stereocenters. The van der Waals surface area contributed by atoms with Gasteiger partial charge in [-0.3, -0.25) is 4.79 Å². The molecular weight excluding hydrogens is 234 g/mol. The molecule has 1 amide bonds. The standard InChI is InChI=1S/C13H17NO4/c1-9(18-10(2)15)12(14-13(16)17)8-11-6-4-3-5-7-11/h3-7,9,12,14H,8H2,1-2H3,(H,16,17). The Morgan fingerprint density at radius 3 is 2.44 bits per heavy atom. The second kappa shape index (κ2) is 6.64. The largest absolute Gasteiger partial charge is 0.465 e. The van der Waals surface area contributed by atoms with E-state index in [2.05, 4.69) is 5.32 Å². The minimum atomic E-state index is -1.13. The number of carbonyl (C=O) groups is 2. The van der Waals surface area contributed by atoms with Crippen molar-refractivity contribution in [2.75, 3.05) is 0 Å². The summed E-state index contributed by atoms with van der Waals surface area (Å²) in [5, 5.41) is 11.2. The van der Waals surface area contributed by atoms with Crippen molar-refractivity contribution < 1.29 is 19.4 Å². The van der Waals surface area contributed by atoms with Crippen LogP contribution in [-0.2, 0) is 16.0 Å². The van der Waals surface area contributed by atoms with Crippen LogP contribution in [-0.4, -0.2) is 29.3 Å². The van der Waals surface area contributed by atoms with Crippen LogP contribution in [0.2, 0.25) is 0 Å². The fraction of sp³-hybridized carbons (Fsp3) is 0.385. The number of hydrogen-bond donors (Lipinski definition) is 2. The van der Waals surface area contributed by atoms with Gasteiger partial charge in [-0.15, -0.1) is 0 Å². The van der Waals surface area contributed by atoms with Gasteiger partial charge in [0.15, 0.2) is 0 Å². The van der Waals surface area contributed by atoms with Gasteiger partial charge in [0.1, 0.15) is 6.10 Å². The number of carbonyl (C=O) groups excluding carboxylic acids is 1. The maximum absolute atomic E-state index is 10.9. The third kappa shape index (κ3) is 4.86. The SMILES string of the molecule is CC(=O)OC(C)C(Cc1ccccc1)NC(=O)O. The van der Waals surface area contributed by atoms with Crippen molar-refractivity contribution in [1.29, 1.82) is 0 Å². The average Bonchev–Trinajstić information content (AvgIpc) is 2.28. The van der Waals surface area contributed by atoms with Crippen molar-refractivity contribution >= 4 is 12.1 Å². The molecule has 1 rings (SSSR count). The van der Waals surface area contributed by atoms with Crippen LogP contribution in [0.1, 0.15) is 19.4 Å². The predicted octanol–water partition coefficient (Wildman–Crippen LogP) is 1.82. The molecule has 0 bridgehead atoms. The number of rotatable bonds is 5. The number of amides is 1. The van der Waals surface area contributed by atoms with Gasteiger partial charge in [0, 0.05) is 6.92 Å². The average molecular weight is 251 g/mol. The van der Waals surface area contributed by atoms with Gasteiger partial charge in [-0.25, -0.2) is 4.79 Å². The third-order valence-corrected chi connectivity index (χ3v) is 2.53. The van der Waals surface area contributed by atoms with Crippen LogP contribution in [0.5, 0.6) is 0 Å². The minimum Gasteiger partial charge on any atom is -0.465 e. The summed E-state index contributed by atoms with van der Waals surface area (Å²) in [6.45, 7) is 2.97. The summed E-state index contributed by atoms with van der Waals surface area (Å²) < 4.78 is 5.02. The number of hydrogen-bond acceptors (Lipinski definition) is 3. The normalized spacial score (nSPS) is 13.4. The lowest BCUT2D eigenvalue weighted by Crippen LogP contribution is -2.44. The van der Waals surface area contributed by atoms with Crippen LogP contribution in [0.3, 0.4) is 0 Å². The zero-order valence-electron chi connectivity index (χ0n) is 10.4. The molecule has 18 heavy (non-hydrogen) atoms. The highest BCUT2D eigenvalue weighted by atomic mass is 16.5. The van der Waals surface area contributed by atoms with Gasteiger partial charge >= 0.3 is 12.1 Å². The summed E-state index contributed by atoms with van der Waals surface area (Å²) in [5.41, 5.74) is 0.982. The van der Waals surface area contributed by atoms with E-state index < -0.39 is 24.2 Å². The van der Waals surface area contributed by atoms with E-state index in [1.54, 1.807) is 6.92 Å². The van der Waals surface area contributed by atoms with Crippen LogP contribution in [0.15, 0.2) is 30.3 Å². The maximum atomic E-state index is 10.9. The first-order valence-electron chi connectivity index (χ1n) is 5.69. The lowest BCUT2D eigenvalue weighted by atomic mass is 10.0. The van der Waals surface area contributed by atoms with Crippen LogP contribution in [0.4, 0.5) is 4.79 Å². The number of carboxylic acid groups (broad SMARTS) is 1. The molecule has 0 fully saturated rings. The zero-order chi connectivity index (χ0) is 13.5. The molecule has 0 saturated heterocycles. The smallest absolute Gasteiger partial charge is 0.405 e. The summed E-state index contributed by atoms with van der Waals surface area (Å²) in [7, 11) is 0. The molecule has 0 aromatic heterocycles. The number of ether oxygens (including phenoxy) is 1. The Labute approximate surface area is 106 Å². The maximum Gasteiger partial charge on any atom is 0.405 e. The van der Waals surface area contributed by atoms with Gasteiger partial charge in [0.2, 0.25) is 0 Å². The molecule has 1 aromatic rings. The molecule has 5 heteroatoms. The molecule has 2 atom stereocenters. The molecule has 98 valence electrons. The summed E-state index contributed by atoms with van der Waals surface area (Å²) in [5.74, 6) is -0.423. The first kappa shape index (κ1) is 14.0. The fourth-order valence-electron chi connectivity index (χ4n) is 1.70. The van der Waals surface area contributed by atoms with Gasteiger partial charge in [-0.05, 0) is 18.9 Å². The fourth-order valence-corrected chi connectivity index (χ4v) is 1.70. The second-order valence-electron chi connectivity index (χ2n) is 4.06. The van der Waals surface area contributed by atoms with E-state index in [1.165, 1.54) is 6.92 Å². The van der Waals surface area contributed by atoms with Crippen molar-refractivity contribution in [1.82, 2.24) is 5.32 Å². The van der Waals surface area contributed by atoms with E-state index in [0.717, 1.165) is 5.56 Å². The second-order valence-corrected chi connectivity index (χ2v) is 4.06. The highest BCUT2D eigenvalue weighted by molar-refractivity contribution is 5.67. The monoisotopic (exact) mass is 251 g/mol. The molecule has 0 saturated carbocycles. The van der Waals surface area contributed by atoms with Crippen molar-refractivity contribution in [3.63, 3.8) is 0 Å². The minimum absolute atomic E-state index is 0.423. The van der Waals surface area contributed by atoms with Gasteiger partial charge < -0.3 is 15.2 Å². The van der Waals surface area contributed by atoms with Crippen LogP contribution >= 0.6 is 0 Å². The summed E-state index contributed by atoms with van der Waals surface area (Å²) in [6.07, 6.45) is -1.17. The Morgan fingerprint density at radius 2 is 1.94 bits per heavy atom. The molecule has 0 aliphatic carbocycles. The third-order valence-electron chi connectivity index (χ3n) is 2.53. The first-order chi connectivity index (χ1) is 8.49. The number of nitrogens with one attached hydrogen (secondary N) is 1. The molecule has 0 aliphatic heterocycles. The molecule has 0 aliphatic rings. The van der Waals surface area contributed by atoms with Crippen LogP contribution in [0, 0.1) is 0 Å². The van der Waals surface area contributed by atoms with Gasteiger partial charge in [0.25, 0.3) is 0 Å². The highest BCUT2D eigenvalue weighted by Gasteiger charge is 2.22. The number of benzene rings is 1. The van der Waals surface area contributed by atoms with E-state index in [4.69, 9.17) is 9.84 Å². The van der Waals surface area contributed by atoms with Crippen molar-refractivity contribution in [3.8, 4) is 0 Å². The zero-order valence-corrected chi connectivity index (χ0v) is 10.4. The molecule has 5 nitrogen and oxygen atoms in total. The Hall–Kier alpha value is -2.04. The molecule has 2 N–H and O–H groups in total. The van der Waals surface area contributed by atoms with Gasteiger partial charge in [-0.2, -0.15) is 0 Å². The van der Waals surface area contributed by atoms with Crippen LogP contribution in [0.25, 0.3) is 0 Å². The van der Waals surface area contributed by atoms with Gasteiger partial charge in [-0.1, -0.05) is 30.3 Å². The van der Waals surface area contributed by atoms with Crippen molar-refractivity contribution in [3.05, 3.63) is 35.9 Å². The predicted molar refractivity (Wildman–Crippen MR) is 66.3 cm³/mol. The molecule has 0 heterocycles. The topological polar surface area (TPSA) is 75.6 Å². The Morgan fingerprint density at radius 1 is 1.33 bits per heavy atom. The lowest BCUT2D eigenvalue weighted by Gasteiger charge is -2.23. The van der Waals surface area contributed by atoms with Crippen molar-refractivity contribution in [2.24, 2.45) is 0 Å². The molecule has 0 spiro atoms. The van der Waals surface area contributed by atoms with E-state index in [-0.39, 0.29) is 0 Å². The molecular formula is C13H17NO4. The Balaban J connectivity index is 2.71. The summed E-state index contributed by atoms with van der Waals surface area (Å²) in [4.78, 5) is 21.6. The van der Waals surface area contributed by atoms with E-state index in [9.17, 15) is 9.59 Å². The van der Waals surface area contributed by atoms with Crippen LogP contribution < -0.4 is 5.32 Å². The highest BCUT2D eigenvalue weighted by Crippen LogP contribution is 2.09. The Bertz CT molecular complexity index is 405. The summed E-state index contributed by atoms with van der Waals surface area (Å²) in [6, 6.07) is 8.98.